The summed E-state index contributed by atoms with van der Waals surface area (Å²) in [5.74, 6) is 0. The molecule has 0 saturated heterocycles. The fourth-order valence-corrected chi connectivity index (χ4v) is 2.83. The standard InChI is InChI=1S/C22H30O3/c1-19(7-4-9-20-11-15-24-17-20)8-5-13-22(2,23-3)14-6-10-21-12-16-25-18-21/h5,7,11-13,15-18H,4,6,8-10,14H2,1-3H3/b13-5+,19-7+. The molecule has 0 bridgehead atoms. The van der Waals surface area contributed by atoms with Crippen molar-refractivity contribution in [1.29, 1.82) is 0 Å². The predicted octanol–water partition coefficient (Wildman–Crippen LogP) is 6.13. The third-order valence-corrected chi connectivity index (χ3v) is 4.60. The van der Waals surface area contributed by atoms with Crippen molar-refractivity contribution < 1.29 is 13.6 Å². The Bertz CT molecular complexity index is 635. The molecule has 2 aromatic heterocycles. The van der Waals surface area contributed by atoms with Gasteiger partial charge >= 0.3 is 0 Å². The molecule has 0 aliphatic heterocycles. The monoisotopic (exact) mass is 342 g/mol. The van der Waals surface area contributed by atoms with E-state index in [4.69, 9.17) is 13.6 Å². The minimum Gasteiger partial charge on any atom is -0.472 e. The molecule has 3 nitrogen and oxygen atoms in total. The van der Waals surface area contributed by atoms with Crippen LogP contribution in [0.1, 0.15) is 50.7 Å². The Morgan fingerprint density at radius 3 is 2.40 bits per heavy atom. The third-order valence-electron chi connectivity index (χ3n) is 4.60. The highest BCUT2D eigenvalue weighted by Crippen LogP contribution is 2.21. The number of methoxy groups -OCH3 is 1. The van der Waals surface area contributed by atoms with Gasteiger partial charge in [-0.15, -0.1) is 0 Å². The van der Waals surface area contributed by atoms with Crippen LogP contribution in [0.15, 0.2) is 69.8 Å². The molecule has 2 rings (SSSR count). The molecular weight excluding hydrogens is 312 g/mol. The maximum Gasteiger partial charge on any atom is 0.0934 e. The first-order chi connectivity index (χ1) is 12.1. The zero-order valence-corrected chi connectivity index (χ0v) is 15.7. The summed E-state index contributed by atoms with van der Waals surface area (Å²) in [5, 5.41) is 0. The highest BCUT2D eigenvalue weighted by atomic mass is 16.5. The van der Waals surface area contributed by atoms with Gasteiger partial charge in [0.05, 0.1) is 30.7 Å². The lowest BCUT2D eigenvalue weighted by atomic mass is 9.96. The Labute approximate surface area is 151 Å². The number of ether oxygens (including phenoxy) is 1. The fraction of sp³-hybridized carbons (Fsp3) is 0.455. The summed E-state index contributed by atoms with van der Waals surface area (Å²) in [5.41, 5.74) is 3.68. The smallest absolute Gasteiger partial charge is 0.0934 e. The molecule has 0 aliphatic rings. The van der Waals surface area contributed by atoms with Gasteiger partial charge in [-0.25, -0.2) is 0 Å². The minimum atomic E-state index is -0.208. The van der Waals surface area contributed by atoms with Crippen molar-refractivity contribution in [2.24, 2.45) is 0 Å². The molecule has 0 spiro atoms. The van der Waals surface area contributed by atoms with Crippen molar-refractivity contribution in [2.45, 2.75) is 58.0 Å². The van der Waals surface area contributed by atoms with E-state index in [2.05, 4.69) is 32.1 Å². The molecule has 3 heteroatoms. The molecule has 2 aromatic rings. The molecular formula is C22H30O3. The van der Waals surface area contributed by atoms with Gasteiger partial charge < -0.3 is 13.6 Å². The number of aryl methyl sites for hydroxylation is 2. The summed E-state index contributed by atoms with van der Waals surface area (Å²) in [6.45, 7) is 4.33. The number of hydrogen-bond acceptors (Lipinski definition) is 3. The van der Waals surface area contributed by atoms with E-state index >= 15 is 0 Å². The van der Waals surface area contributed by atoms with Crippen LogP contribution in [0.5, 0.6) is 0 Å². The maximum absolute atomic E-state index is 5.73. The van der Waals surface area contributed by atoms with Crippen molar-refractivity contribution >= 4 is 0 Å². The zero-order valence-electron chi connectivity index (χ0n) is 15.7. The minimum absolute atomic E-state index is 0.208. The van der Waals surface area contributed by atoms with Gasteiger partial charge in [0.25, 0.3) is 0 Å². The summed E-state index contributed by atoms with van der Waals surface area (Å²) < 4.78 is 15.9. The highest BCUT2D eigenvalue weighted by molar-refractivity contribution is 5.11. The number of furan rings is 2. The lowest BCUT2D eigenvalue weighted by Crippen LogP contribution is -2.24. The summed E-state index contributed by atoms with van der Waals surface area (Å²) in [7, 11) is 1.79. The molecule has 0 N–H and O–H groups in total. The van der Waals surface area contributed by atoms with Gasteiger partial charge in [0.2, 0.25) is 0 Å². The normalized spacial score (nSPS) is 14.9. The van der Waals surface area contributed by atoms with Crippen molar-refractivity contribution in [3.05, 3.63) is 72.1 Å². The van der Waals surface area contributed by atoms with E-state index in [1.165, 1.54) is 16.7 Å². The van der Waals surface area contributed by atoms with Crippen LogP contribution in [0.3, 0.4) is 0 Å². The first kappa shape index (κ1) is 19.3. The lowest BCUT2D eigenvalue weighted by molar-refractivity contribution is 0.0396. The largest absolute Gasteiger partial charge is 0.472 e. The quantitative estimate of drug-likeness (QED) is 0.461. The molecule has 25 heavy (non-hydrogen) atoms. The van der Waals surface area contributed by atoms with Crippen LogP contribution in [0.25, 0.3) is 0 Å². The van der Waals surface area contributed by atoms with E-state index in [1.54, 1.807) is 19.6 Å². The summed E-state index contributed by atoms with van der Waals surface area (Å²) in [4.78, 5) is 0. The molecule has 0 radical (unpaired) electrons. The molecule has 1 atom stereocenters. The average molecular weight is 342 g/mol. The van der Waals surface area contributed by atoms with Gasteiger partial charge in [-0.1, -0.05) is 23.8 Å². The van der Waals surface area contributed by atoms with Gasteiger partial charge in [0.15, 0.2) is 0 Å². The molecule has 0 amide bonds. The molecule has 0 aromatic carbocycles. The van der Waals surface area contributed by atoms with Gasteiger partial charge in [-0.3, -0.25) is 0 Å². The second-order valence-corrected chi connectivity index (χ2v) is 6.83. The van der Waals surface area contributed by atoms with E-state index in [0.29, 0.717) is 0 Å². The van der Waals surface area contributed by atoms with Crippen LogP contribution in [-0.2, 0) is 17.6 Å². The molecule has 136 valence electrons. The summed E-state index contributed by atoms with van der Waals surface area (Å²) in [6, 6.07) is 4.05. The van der Waals surface area contributed by atoms with E-state index < -0.39 is 0 Å². The number of allylic oxidation sites excluding steroid dienone is 3. The van der Waals surface area contributed by atoms with Crippen LogP contribution >= 0.6 is 0 Å². The van der Waals surface area contributed by atoms with Crippen molar-refractivity contribution in [3.8, 4) is 0 Å². The lowest BCUT2D eigenvalue weighted by Gasteiger charge is -2.24. The molecule has 1 unspecified atom stereocenters. The van der Waals surface area contributed by atoms with E-state index in [9.17, 15) is 0 Å². The van der Waals surface area contributed by atoms with Crippen LogP contribution in [0, 0.1) is 0 Å². The highest BCUT2D eigenvalue weighted by Gasteiger charge is 2.19. The van der Waals surface area contributed by atoms with Crippen LogP contribution in [0.2, 0.25) is 0 Å². The van der Waals surface area contributed by atoms with Gasteiger partial charge in [0.1, 0.15) is 0 Å². The SMILES string of the molecule is COC(C)(/C=C/C/C(C)=C/CCc1ccoc1)CCCc1ccoc1. The Kier molecular flexibility index (Phi) is 7.80. The summed E-state index contributed by atoms with van der Waals surface area (Å²) >= 11 is 0. The van der Waals surface area contributed by atoms with Gasteiger partial charge in [0, 0.05) is 7.11 Å². The molecule has 0 fully saturated rings. The molecule has 0 aliphatic carbocycles. The maximum atomic E-state index is 5.73. The van der Waals surface area contributed by atoms with Gasteiger partial charge in [-0.2, -0.15) is 0 Å². The molecule has 0 saturated carbocycles. The Balaban J connectivity index is 1.72. The number of hydrogen-bond donors (Lipinski definition) is 0. The summed E-state index contributed by atoms with van der Waals surface area (Å²) in [6.07, 6.45) is 20.0. The fourth-order valence-electron chi connectivity index (χ4n) is 2.83. The second-order valence-electron chi connectivity index (χ2n) is 6.83. The van der Waals surface area contributed by atoms with Crippen LogP contribution in [-0.4, -0.2) is 12.7 Å². The van der Waals surface area contributed by atoms with Crippen molar-refractivity contribution in [2.75, 3.05) is 7.11 Å². The average Bonchev–Trinajstić information content (AvgIpc) is 3.29. The second kappa shape index (κ2) is 10.1. The van der Waals surface area contributed by atoms with Crippen molar-refractivity contribution in [3.63, 3.8) is 0 Å². The Hall–Kier alpha value is -2.00. The van der Waals surface area contributed by atoms with Crippen LogP contribution < -0.4 is 0 Å². The first-order valence-electron chi connectivity index (χ1n) is 9.02. The topological polar surface area (TPSA) is 35.5 Å². The molecule has 2 heterocycles. The van der Waals surface area contributed by atoms with E-state index in [1.807, 2.05) is 24.7 Å². The Morgan fingerprint density at radius 2 is 1.80 bits per heavy atom. The van der Waals surface area contributed by atoms with E-state index in [0.717, 1.165) is 38.5 Å². The van der Waals surface area contributed by atoms with Crippen LogP contribution in [0.4, 0.5) is 0 Å². The zero-order chi connectivity index (χ0) is 18.0. The number of rotatable bonds is 11. The first-order valence-corrected chi connectivity index (χ1v) is 9.02. The van der Waals surface area contributed by atoms with Gasteiger partial charge in [-0.05, 0) is 75.6 Å². The van der Waals surface area contributed by atoms with Crippen molar-refractivity contribution in [1.82, 2.24) is 0 Å². The third kappa shape index (κ3) is 7.18. The Morgan fingerprint density at radius 1 is 1.12 bits per heavy atom. The predicted molar refractivity (Wildman–Crippen MR) is 102 cm³/mol. The van der Waals surface area contributed by atoms with E-state index in [-0.39, 0.29) is 5.60 Å².